The van der Waals surface area contributed by atoms with E-state index >= 15 is 0 Å². The minimum atomic E-state index is 0.0764. The molecule has 1 fully saturated rings. The third-order valence-corrected chi connectivity index (χ3v) is 5.75. The number of carbonyl (C=O) groups excluding carboxylic acids is 1. The highest BCUT2D eigenvalue weighted by atomic mass is 16.2. The summed E-state index contributed by atoms with van der Waals surface area (Å²) in [5.74, 6) is 0.904. The topological polar surface area (TPSA) is 69.0 Å². The molecular weight excluding hydrogens is 378 g/mol. The molecule has 8 heteroatoms. The number of aryl methyl sites for hydroxylation is 1. The van der Waals surface area contributed by atoms with Crippen molar-refractivity contribution in [1.82, 2.24) is 24.9 Å². The van der Waals surface area contributed by atoms with Gasteiger partial charge in [-0.05, 0) is 24.5 Å². The number of benzene rings is 1. The average molecular weight is 410 g/mol. The van der Waals surface area contributed by atoms with Crippen LogP contribution >= 0.6 is 0 Å². The zero-order chi connectivity index (χ0) is 20.9. The summed E-state index contributed by atoms with van der Waals surface area (Å²) in [6.07, 6.45) is 4.72. The number of piperazine rings is 1. The SMILES string of the molecule is CCNC(=NCCN1CCc2ccccc2C1)N1CCN(c2cnn(C)c2)C(=O)C1. The minimum Gasteiger partial charge on any atom is -0.357 e. The predicted molar refractivity (Wildman–Crippen MR) is 119 cm³/mol. The number of nitrogens with one attached hydrogen (secondary N) is 1. The molecule has 2 aliphatic heterocycles. The Morgan fingerprint density at radius 2 is 2.00 bits per heavy atom. The molecule has 0 radical (unpaired) electrons. The molecule has 1 N–H and O–H groups in total. The van der Waals surface area contributed by atoms with Crippen molar-refractivity contribution in [1.29, 1.82) is 0 Å². The van der Waals surface area contributed by atoms with Crippen molar-refractivity contribution in [2.45, 2.75) is 19.9 Å². The Kier molecular flexibility index (Phi) is 6.32. The number of carbonyl (C=O) groups is 1. The molecule has 0 spiro atoms. The van der Waals surface area contributed by atoms with Crippen molar-refractivity contribution in [3.05, 3.63) is 47.8 Å². The number of hydrogen-bond donors (Lipinski definition) is 1. The van der Waals surface area contributed by atoms with E-state index in [1.54, 1.807) is 15.8 Å². The molecule has 160 valence electrons. The first-order valence-electron chi connectivity index (χ1n) is 10.8. The lowest BCUT2D eigenvalue weighted by Crippen LogP contribution is -2.55. The average Bonchev–Trinajstić information content (AvgIpc) is 3.19. The standard InChI is InChI=1S/C22H31N7O/c1-3-23-22(24-9-11-27-10-8-18-6-4-5-7-19(18)15-27)28-12-13-29(21(30)17-28)20-14-25-26(2)16-20/h4-7,14,16H,3,8-13,15,17H2,1-2H3,(H,23,24). The van der Waals surface area contributed by atoms with E-state index in [2.05, 4.69) is 51.4 Å². The molecule has 30 heavy (non-hydrogen) atoms. The summed E-state index contributed by atoms with van der Waals surface area (Å²) in [6.45, 7) is 8.28. The normalized spacial score (nSPS) is 17.9. The molecular formula is C22H31N7O. The van der Waals surface area contributed by atoms with Gasteiger partial charge >= 0.3 is 0 Å². The van der Waals surface area contributed by atoms with Crippen LogP contribution in [0.4, 0.5) is 5.69 Å². The van der Waals surface area contributed by atoms with E-state index in [1.165, 1.54) is 11.1 Å². The minimum absolute atomic E-state index is 0.0764. The molecule has 1 aromatic carbocycles. The van der Waals surface area contributed by atoms with Crippen LogP contribution < -0.4 is 10.2 Å². The molecule has 3 heterocycles. The van der Waals surface area contributed by atoms with Crippen LogP contribution in [0.25, 0.3) is 0 Å². The van der Waals surface area contributed by atoms with Crippen molar-refractivity contribution in [2.75, 3.05) is 50.7 Å². The lowest BCUT2D eigenvalue weighted by molar-refractivity contribution is -0.120. The fourth-order valence-electron chi connectivity index (χ4n) is 4.14. The molecule has 8 nitrogen and oxygen atoms in total. The maximum atomic E-state index is 12.7. The molecule has 2 aliphatic rings. The number of aliphatic imine (C=N–C) groups is 1. The number of fused-ring (bicyclic) bond motifs is 1. The van der Waals surface area contributed by atoms with Crippen molar-refractivity contribution < 1.29 is 4.79 Å². The summed E-state index contributed by atoms with van der Waals surface area (Å²) in [7, 11) is 1.86. The molecule has 1 aromatic heterocycles. The van der Waals surface area contributed by atoms with Gasteiger partial charge in [0.05, 0.1) is 18.4 Å². The van der Waals surface area contributed by atoms with E-state index in [9.17, 15) is 4.79 Å². The highest BCUT2D eigenvalue weighted by Crippen LogP contribution is 2.18. The molecule has 0 atom stereocenters. The lowest BCUT2D eigenvalue weighted by atomic mass is 10.00. The van der Waals surface area contributed by atoms with Gasteiger partial charge in [0, 0.05) is 52.5 Å². The van der Waals surface area contributed by atoms with Crippen molar-refractivity contribution >= 4 is 17.6 Å². The predicted octanol–water partition coefficient (Wildman–Crippen LogP) is 1.09. The van der Waals surface area contributed by atoms with Crippen LogP contribution in [0.1, 0.15) is 18.1 Å². The highest BCUT2D eigenvalue weighted by molar-refractivity contribution is 5.98. The Morgan fingerprint density at radius 1 is 1.17 bits per heavy atom. The van der Waals surface area contributed by atoms with Crippen LogP contribution in [0.3, 0.4) is 0 Å². The maximum Gasteiger partial charge on any atom is 0.246 e. The first-order valence-corrected chi connectivity index (χ1v) is 10.8. The van der Waals surface area contributed by atoms with Crippen molar-refractivity contribution in [3.8, 4) is 0 Å². The highest BCUT2D eigenvalue weighted by Gasteiger charge is 2.27. The molecule has 4 rings (SSSR count). The number of guanidine groups is 1. The largest absolute Gasteiger partial charge is 0.357 e. The van der Waals surface area contributed by atoms with E-state index in [1.807, 2.05) is 13.2 Å². The summed E-state index contributed by atoms with van der Waals surface area (Å²) in [5, 5.41) is 7.53. The third-order valence-electron chi connectivity index (χ3n) is 5.75. The lowest BCUT2D eigenvalue weighted by Gasteiger charge is -2.35. The molecule has 0 saturated carbocycles. The maximum absolute atomic E-state index is 12.7. The second-order valence-electron chi connectivity index (χ2n) is 7.87. The number of anilines is 1. The zero-order valence-electron chi connectivity index (χ0n) is 17.9. The van der Waals surface area contributed by atoms with E-state index in [-0.39, 0.29) is 5.91 Å². The Morgan fingerprint density at radius 3 is 2.73 bits per heavy atom. The molecule has 1 amide bonds. The Hall–Kier alpha value is -2.87. The van der Waals surface area contributed by atoms with Gasteiger partial charge in [-0.1, -0.05) is 24.3 Å². The van der Waals surface area contributed by atoms with Crippen LogP contribution in [0.15, 0.2) is 41.7 Å². The quantitative estimate of drug-likeness (QED) is 0.592. The molecule has 0 unspecified atom stereocenters. The van der Waals surface area contributed by atoms with Crippen molar-refractivity contribution in [3.63, 3.8) is 0 Å². The van der Waals surface area contributed by atoms with Gasteiger partial charge in [-0.25, -0.2) is 0 Å². The molecule has 1 saturated heterocycles. The third kappa shape index (κ3) is 4.64. The molecule has 2 aromatic rings. The van der Waals surface area contributed by atoms with Gasteiger partial charge in [0.15, 0.2) is 5.96 Å². The smallest absolute Gasteiger partial charge is 0.246 e. The zero-order valence-corrected chi connectivity index (χ0v) is 17.9. The summed E-state index contributed by atoms with van der Waals surface area (Å²) >= 11 is 0. The number of amides is 1. The van der Waals surface area contributed by atoms with E-state index in [0.29, 0.717) is 13.1 Å². The summed E-state index contributed by atoms with van der Waals surface area (Å²) in [5.41, 5.74) is 3.75. The van der Waals surface area contributed by atoms with E-state index in [0.717, 1.165) is 57.3 Å². The Labute approximate surface area is 178 Å². The van der Waals surface area contributed by atoms with Gasteiger partial charge in [-0.3, -0.25) is 19.4 Å². The van der Waals surface area contributed by atoms with Gasteiger partial charge in [-0.15, -0.1) is 0 Å². The van der Waals surface area contributed by atoms with Crippen molar-refractivity contribution in [2.24, 2.45) is 12.0 Å². The summed E-state index contributed by atoms with van der Waals surface area (Å²) < 4.78 is 1.72. The Bertz CT molecular complexity index is 906. The second kappa shape index (κ2) is 9.30. The molecule has 0 bridgehead atoms. The molecule has 0 aliphatic carbocycles. The first kappa shape index (κ1) is 20.4. The number of aromatic nitrogens is 2. The summed E-state index contributed by atoms with van der Waals surface area (Å²) in [4.78, 5) is 23.9. The monoisotopic (exact) mass is 409 g/mol. The second-order valence-corrected chi connectivity index (χ2v) is 7.87. The van der Waals surface area contributed by atoms with Gasteiger partial charge in [0.1, 0.15) is 6.54 Å². The first-order chi connectivity index (χ1) is 14.6. The number of hydrogen-bond acceptors (Lipinski definition) is 4. The van der Waals surface area contributed by atoms with E-state index < -0.39 is 0 Å². The van der Waals surface area contributed by atoms with Gasteiger partial charge in [0.2, 0.25) is 5.91 Å². The fourth-order valence-corrected chi connectivity index (χ4v) is 4.14. The number of rotatable bonds is 5. The Balaban J connectivity index is 1.33. The number of nitrogens with zero attached hydrogens (tertiary/aromatic N) is 6. The van der Waals surface area contributed by atoms with Gasteiger partial charge in [-0.2, -0.15) is 5.10 Å². The van der Waals surface area contributed by atoms with Crippen LogP contribution in [-0.4, -0.2) is 77.3 Å². The summed E-state index contributed by atoms with van der Waals surface area (Å²) in [6, 6.07) is 8.70. The van der Waals surface area contributed by atoms with Gasteiger partial charge < -0.3 is 15.1 Å². The van der Waals surface area contributed by atoms with Crippen LogP contribution in [0.2, 0.25) is 0 Å². The van der Waals surface area contributed by atoms with Crippen LogP contribution in [0.5, 0.6) is 0 Å². The van der Waals surface area contributed by atoms with Crippen LogP contribution in [0, 0.1) is 0 Å². The fraction of sp³-hybridized carbons (Fsp3) is 0.500. The van der Waals surface area contributed by atoms with Crippen LogP contribution in [-0.2, 0) is 24.8 Å². The van der Waals surface area contributed by atoms with E-state index in [4.69, 9.17) is 4.99 Å². The van der Waals surface area contributed by atoms with Gasteiger partial charge in [0.25, 0.3) is 0 Å².